The lowest BCUT2D eigenvalue weighted by molar-refractivity contribution is 0.149. The molecule has 0 amide bonds. The SMILES string of the molecule is CC(CO)(CCCN1CCn2cnnc2C1)NC1CC1. The van der Waals surface area contributed by atoms with Gasteiger partial charge in [0.1, 0.15) is 12.2 Å². The topological polar surface area (TPSA) is 66.2 Å². The van der Waals surface area contributed by atoms with Gasteiger partial charge in [-0.15, -0.1) is 10.2 Å². The molecule has 1 atom stereocenters. The highest BCUT2D eigenvalue weighted by Crippen LogP contribution is 2.24. The maximum atomic E-state index is 9.60. The van der Waals surface area contributed by atoms with E-state index in [0.29, 0.717) is 6.04 Å². The number of aliphatic hydroxyl groups is 1. The molecule has 1 unspecified atom stereocenters. The molecule has 6 nitrogen and oxygen atoms in total. The number of nitrogens with zero attached hydrogens (tertiary/aromatic N) is 4. The third-order valence-corrected chi connectivity index (χ3v) is 4.40. The van der Waals surface area contributed by atoms with Crippen LogP contribution < -0.4 is 5.32 Å². The summed E-state index contributed by atoms with van der Waals surface area (Å²) >= 11 is 0. The lowest BCUT2D eigenvalue weighted by Gasteiger charge is -2.31. The van der Waals surface area contributed by atoms with E-state index in [9.17, 15) is 5.11 Å². The maximum absolute atomic E-state index is 9.60. The molecule has 112 valence electrons. The molecule has 3 rings (SSSR count). The van der Waals surface area contributed by atoms with Crippen LogP contribution in [-0.2, 0) is 13.1 Å². The van der Waals surface area contributed by atoms with Crippen molar-refractivity contribution in [3.05, 3.63) is 12.2 Å². The van der Waals surface area contributed by atoms with Crippen LogP contribution in [0.4, 0.5) is 0 Å². The Morgan fingerprint density at radius 1 is 1.45 bits per heavy atom. The van der Waals surface area contributed by atoms with E-state index < -0.39 is 0 Å². The molecule has 20 heavy (non-hydrogen) atoms. The molecule has 1 aromatic heterocycles. The minimum absolute atomic E-state index is 0.114. The van der Waals surface area contributed by atoms with E-state index in [1.54, 1.807) is 0 Å². The maximum Gasteiger partial charge on any atom is 0.147 e. The number of rotatable bonds is 7. The fourth-order valence-corrected chi connectivity index (χ4v) is 2.92. The highest BCUT2D eigenvalue weighted by Gasteiger charge is 2.31. The zero-order chi connectivity index (χ0) is 14.0. The summed E-state index contributed by atoms with van der Waals surface area (Å²) < 4.78 is 2.13. The van der Waals surface area contributed by atoms with Gasteiger partial charge < -0.3 is 15.0 Å². The molecule has 1 saturated carbocycles. The van der Waals surface area contributed by atoms with E-state index in [1.165, 1.54) is 12.8 Å². The van der Waals surface area contributed by atoms with E-state index >= 15 is 0 Å². The first-order valence-corrected chi connectivity index (χ1v) is 7.66. The molecule has 2 N–H and O–H groups in total. The summed E-state index contributed by atoms with van der Waals surface area (Å²) in [6, 6.07) is 0.640. The average Bonchev–Trinajstić information content (AvgIpc) is 3.13. The number of aromatic nitrogens is 3. The first-order chi connectivity index (χ1) is 9.68. The first kappa shape index (κ1) is 14.0. The van der Waals surface area contributed by atoms with E-state index in [0.717, 1.165) is 44.8 Å². The molecule has 0 radical (unpaired) electrons. The van der Waals surface area contributed by atoms with Crippen LogP contribution in [-0.4, -0.2) is 56.0 Å². The molecular formula is C14H25N5O. The second-order valence-electron chi connectivity index (χ2n) is 6.46. The largest absolute Gasteiger partial charge is 0.394 e. The highest BCUT2D eigenvalue weighted by atomic mass is 16.3. The summed E-state index contributed by atoms with van der Waals surface area (Å²) in [4.78, 5) is 2.43. The Morgan fingerprint density at radius 2 is 2.30 bits per heavy atom. The summed E-state index contributed by atoms with van der Waals surface area (Å²) in [7, 11) is 0. The highest BCUT2D eigenvalue weighted by molar-refractivity contribution is 4.93. The van der Waals surface area contributed by atoms with Gasteiger partial charge in [0.05, 0.1) is 13.2 Å². The number of hydrogen-bond acceptors (Lipinski definition) is 5. The van der Waals surface area contributed by atoms with Crippen LogP contribution in [0.3, 0.4) is 0 Å². The number of nitrogens with one attached hydrogen (secondary N) is 1. The number of fused-ring (bicyclic) bond motifs is 1. The van der Waals surface area contributed by atoms with Gasteiger partial charge in [-0.1, -0.05) is 0 Å². The van der Waals surface area contributed by atoms with Crippen molar-refractivity contribution in [2.24, 2.45) is 0 Å². The van der Waals surface area contributed by atoms with Gasteiger partial charge in [0, 0.05) is 24.7 Å². The summed E-state index contributed by atoms with van der Waals surface area (Å²) in [6.45, 7) is 6.37. The van der Waals surface area contributed by atoms with Crippen molar-refractivity contribution in [1.82, 2.24) is 25.0 Å². The molecule has 1 aliphatic heterocycles. The number of hydrogen-bond donors (Lipinski definition) is 2. The molecule has 2 heterocycles. The fourth-order valence-electron chi connectivity index (χ4n) is 2.92. The Morgan fingerprint density at radius 3 is 3.05 bits per heavy atom. The average molecular weight is 279 g/mol. The Bertz CT molecular complexity index is 445. The van der Waals surface area contributed by atoms with Crippen LogP contribution in [0.5, 0.6) is 0 Å². The zero-order valence-corrected chi connectivity index (χ0v) is 12.3. The van der Waals surface area contributed by atoms with Crippen LogP contribution in [0.15, 0.2) is 6.33 Å². The molecule has 0 aromatic carbocycles. The van der Waals surface area contributed by atoms with Gasteiger partial charge in [0.2, 0.25) is 0 Å². The van der Waals surface area contributed by atoms with Crippen LogP contribution in [0.1, 0.15) is 38.4 Å². The molecule has 1 aromatic rings. The van der Waals surface area contributed by atoms with Crippen molar-refractivity contribution in [1.29, 1.82) is 0 Å². The van der Waals surface area contributed by atoms with Crippen molar-refractivity contribution >= 4 is 0 Å². The molecular weight excluding hydrogens is 254 g/mol. The number of aliphatic hydroxyl groups excluding tert-OH is 1. The Balaban J connectivity index is 1.43. The van der Waals surface area contributed by atoms with Crippen molar-refractivity contribution in [2.75, 3.05) is 19.7 Å². The van der Waals surface area contributed by atoms with Crippen LogP contribution in [0, 0.1) is 0 Å². The van der Waals surface area contributed by atoms with Gasteiger partial charge in [0.15, 0.2) is 0 Å². The third kappa shape index (κ3) is 3.37. The summed E-state index contributed by atoms with van der Waals surface area (Å²) in [5.41, 5.74) is -0.114. The summed E-state index contributed by atoms with van der Waals surface area (Å²) in [5, 5.41) is 21.3. The predicted molar refractivity (Wildman–Crippen MR) is 76.2 cm³/mol. The fraction of sp³-hybridized carbons (Fsp3) is 0.857. The standard InChI is InChI=1S/C14H25N5O/c1-14(10-20,16-12-3-4-12)5-2-6-18-7-8-19-11-15-17-13(19)9-18/h11-12,16,20H,2-10H2,1H3. The normalized spacial score (nSPS) is 22.5. The minimum Gasteiger partial charge on any atom is -0.394 e. The zero-order valence-electron chi connectivity index (χ0n) is 12.3. The van der Waals surface area contributed by atoms with Crippen molar-refractivity contribution in [3.8, 4) is 0 Å². The third-order valence-electron chi connectivity index (χ3n) is 4.40. The molecule has 1 aliphatic carbocycles. The molecule has 0 saturated heterocycles. The van der Waals surface area contributed by atoms with Crippen LogP contribution >= 0.6 is 0 Å². The quantitative estimate of drug-likeness (QED) is 0.755. The van der Waals surface area contributed by atoms with Crippen molar-refractivity contribution in [2.45, 2.75) is 57.3 Å². The summed E-state index contributed by atoms with van der Waals surface area (Å²) in [6.07, 6.45) is 6.46. The van der Waals surface area contributed by atoms with Gasteiger partial charge >= 0.3 is 0 Å². The molecule has 6 heteroatoms. The molecule has 0 spiro atoms. The monoisotopic (exact) mass is 279 g/mol. The van der Waals surface area contributed by atoms with Crippen LogP contribution in [0.2, 0.25) is 0 Å². The van der Waals surface area contributed by atoms with E-state index in [-0.39, 0.29) is 12.1 Å². The van der Waals surface area contributed by atoms with Crippen molar-refractivity contribution < 1.29 is 5.11 Å². The van der Waals surface area contributed by atoms with E-state index in [1.807, 2.05) is 6.33 Å². The Labute approximate surface area is 120 Å². The van der Waals surface area contributed by atoms with Gasteiger partial charge in [0.25, 0.3) is 0 Å². The Hall–Kier alpha value is -0.980. The van der Waals surface area contributed by atoms with E-state index in [4.69, 9.17) is 0 Å². The predicted octanol–water partition coefficient (Wildman–Crippen LogP) is 0.377. The minimum atomic E-state index is -0.114. The second kappa shape index (κ2) is 5.79. The Kier molecular flexibility index (Phi) is 4.05. The molecule has 1 fully saturated rings. The molecule has 2 aliphatic rings. The van der Waals surface area contributed by atoms with Gasteiger partial charge in [-0.05, 0) is 39.2 Å². The lowest BCUT2D eigenvalue weighted by Crippen LogP contribution is -2.47. The van der Waals surface area contributed by atoms with Gasteiger partial charge in [-0.3, -0.25) is 4.90 Å². The van der Waals surface area contributed by atoms with Crippen molar-refractivity contribution in [3.63, 3.8) is 0 Å². The van der Waals surface area contributed by atoms with E-state index in [2.05, 4.69) is 31.9 Å². The van der Waals surface area contributed by atoms with Gasteiger partial charge in [-0.25, -0.2) is 0 Å². The smallest absolute Gasteiger partial charge is 0.147 e. The second-order valence-corrected chi connectivity index (χ2v) is 6.46. The first-order valence-electron chi connectivity index (χ1n) is 7.66. The van der Waals surface area contributed by atoms with Gasteiger partial charge in [-0.2, -0.15) is 0 Å². The molecule has 0 bridgehead atoms. The lowest BCUT2D eigenvalue weighted by atomic mass is 9.96. The van der Waals surface area contributed by atoms with Crippen LogP contribution in [0.25, 0.3) is 0 Å². The summed E-state index contributed by atoms with van der Waals surface area (Å²) in [5.74, 6) is 1.07.